The molecule has 4 heteroatoms. The molecule has 0 heterocycles. The molecule has 0 atom stereocenters. The molecule has 0 bridgehead atoms. The van der Waals surface area contributed by atoms with E-state index in [2.05, 4.69) is 6.92 Å². The fourth-order valence-corrected chi connectivity index (χ4v) is 1.19. The maximum absolute atomic E-state index is 4.98. The van der Waals surface area contributed by atoms with Gasteiger partial charge in [-0.3, -0.25) is 0 Å². The molecule has 0 aromatic rings. The predicted molar refractivity (Wildman–Crippen MR) is 42.4 cm³/mol. The van der Waals surface area contributed by atoms with Crippen molar-refractivity contribution < 1.29 is 24.2 Å². The molecule has 9 heavy (non-hydrogen) atoms. The molecule has 0 aromatic carbocycles. The molecular formula is C5H10OS2Zn. The zero-order chi connectivity index (χ0) is 6.41. The number of thiocarbonyl (C=S) groups is 1. The summed E-state index contributed by atoms with van der Waals surface area (Å²) in [6.45, 7) is 4.67. The van der Waals surface area contributed by atoms with Gasteiger partial charge in [-0.05, 0) is 24.9 Å². The normalized spacial score (nSPS) is 7.78. The van der Waals surface area contributed by atoms with Crippen LogP contribution in [0.5, 0.6) is 0 Å². The summed E-state index contributed by atoms with van der Waals surface area (Å²) in [5, 5.41) is 0. The van der Waals surface area contributed by atoms with E-state index < -0.39 is 0 Å². The summed E-state index contributed by atoms with van der Waals surface area (Å²) < 4.78 is 5.64. The first-order valence-electron chi connectivity index (χ1n) is 2.60. The van der Waals surface area contributed by atoms with Gasteiger partial charge in [0.1, 0.15) is 0 Å². The SMILES string of the molecule is CCOC(=S)SCC.[Zn]. The molecule has 0 aromatic heterocycles. The predicted octanol–water partition coefficient (Wildman–Crippen LogP) is 2.06. The fourth-order valence-electron chi connectivity index (χ4n) is 0.277. The molecule has 0 unspecified atom stereocenters. The largest absolute Gasteiger partial charge is 0.479 e. The van der Waals surface area contributed by atoms with Gasteiger partial charge >= 0.3 is 0 Å². The Balaban J connectivity index is 0. The van der Waals surface area contributed by atoms with E-state index in [1.165, 1.54) is 0 Å². The van der Waals surface area contributed by atoms with Crippen LogP contribution in [0.2, 0.25) is 0 Å². The molecule has 0 fully saturated rings. The van der Waals surface area contributed by atoms with Gasteiger partial charge < -0.3 is 4.74 Å². The Labute approximate surface area is 78.7 Å². The maximum atomic E-state index is 4.98. The summed E-state index contributed by atoms with van der Waals surface area (Å²) >= 11 is 6.36. The molecule has 0 spiro atoms. The second kappa shape index (κ2) is 8.86. The average Bonchev–Trinajstić information content (AvgIpc) is 1.68. The number of hydrogen-bond donors (Lipinski definition) is 0. The van der Waals surface area contributed by atoms with Crippen LogP contribution in [0.15, 0.2) is 0 Å². The number of hydrogen-bond acceptors (Lipinski definition) is 3. The van der Waals surface area contributed by atoms with Crippen LogP contribution >= 0.6 is 24.0 Å². The molecule has 0 aliphatic heterocycles. The van der Waals surface area contributed by atoms with Crippen molar-refractivity contribution >= 4 is 28.4 Å². The molecule has 0 saturated heterocycles. The summed E-state index contributed by atoms with van der Waals surface area (Å²) in [4.78, 5) is 0. The summed E-state index contributed by atoms with van der Waals surface area (Å²) in [6.07, 6.45) is 0. The zero-order valence-electron chi connectivity index (χ0n) is 5.85. The van der Waals surface area contributed by atoms with Gasteiger partial charge in [-0.15, -0.1) is 0 Å². The van der Waals surface area contributed by atoms with Gasteiger partial charge in [0.2, 0.25) is 4.38 Å². The van der Waals surface area contributed by atoms with Crippen molar-refractivity contribution in [1.29, 1.82) is 0 Å². The van der Waals surface area contributed by atoms with Crippen molar-refractivity contribution in [3.63, 3.8) is 0 Å². The zero-order valence-corrected chi connectivity index (χ0v) is 10.4. The van der Waals surface area contributed by atoms with E-state index in [-0.39, 0.29) is 19.5 Å². The van der Waals surface area contributed by atoms with Crippen molar-refractivity contribution in [1.82, 2.24) is 0 Å². The topological polar surface area (TPSA) is 9.23 Å². The molecule has 0 saturated carbocycles. The number of thioether (sulfide) groups is 1. The monoisotopic (exact) mass is 214 g/mol. The second-order valence-electron chi connectivity index (χ2n) is 1.12. The van der Waals surface area contributed by atoms with Crippen LogP contribution in [0.4, 0.5) is 0 Å². The molecule has 0 aliphatic carbocycles. The summed E-state index contributed by atoms with van der Waals surface area (Å²) in [5.74, 6) is 0.999. The summed E-state index contributed by atoms with van der Waals surface area (Å²) in [5.41, 5.74) is 0. The average molecular weight is 216 g/mol. The Morgan fingerprint density at radius 3 is 2.44 bits per heavy atom. The van der Waals surface area contributed by atoms with Gasteiger partial charge in [-0.1, -0.05) is 18.7 Å². The van der Waals surface area contributed by atoms with E-state index in [0.29, 0.717) is 11.0 Å². The molecule has 0 radical (unpaired) electrons. The first kappa shape index (κ1) is 12.5. The van der Waals surface area contributed by atoms with E-state index in [1.54, 1.807) is 11.8 Å². The Morgan fingerprint density at radius 2 is 2.11 bits per heavy atom. The first-order valence-corrected chi connectivity index (χ1v) is 4.00. The van der Waals surface area contributed by atoms with Gasteiger partial charge in [0.25, 0.3) is 0 Å². The van der Waals surface area contributed by atoms with E-state index in [1.807, 2.05) is 6.92 Å². The third kappa shape index (κ3) is 8.86. The van der Waals surface area contributed by atoms with Crippen LogP contribution in [0.3, 0.4) is 0 Å². The Hall–Kier alpha value is 0.863. The number of rotatable bonds is 2. The molecular weight excluding hydrogens is 206 g/mol. The molecule has 0 N–H and O–H groups in total. The minimum Gasteiger partial charge on any atom is -0.479 e. The second-order valence-corrected chi connectivity index (χ2v) is 2.98. The minimum atomic E-state index is 0. The van der Waals surface area contributed by atoms with Crippen molar-refractivity contribution in [3.8, 4) is 0 Å². The van der Waals surface area contributed by atoms with Crippen LogP contribution in [0.1, 0.15) is 13.8 Å². The number of ether oxygens (including phenoxy) is 1. The smallest absolute Gasteiger partial charge is 0.219 e. The quantitative estimate of drug-likeness (QED) is 0.516. The van der Waals surface area contributed by atoms with Gasteiger partial charge in [-0.25, -0.2) is 0 Å². The molecule has 1 nitrogen and oxygen atoms in total. The summed E-state index contributed by atoms with van der Waals surface area (Å²) in [6, 6.07) is 0. The minimum absolute atomic E-state index is 0. The van der Waals surface area contributed by atoms with Gasteiger partial charge in [0.15, 0.2) is 0 Å². The van der Waals surface area contributed by atoms with Crippen LogP contribution in [-0.4, -0.2) is 16.7 Å². The first-order chi connectivity index (χ1) is 3.81. The third-order valence-corrected chi connectivity index (χ3v) is 1.64. The molecule has 0 rings (SSSR count). The van der Waals surface area contributed by atoms with E-state index in [0.717, 1.165) is 5.75 Å². The Bertz CT molecular complexity index is 69.4. The van der Waals surface area contributed by atoms with E-state index in [4.69, 9.17) is 17.0 Å². The van der Waals surface area contributed by atoms with Crippen molar-refractivity contribution in [2.24, 2.45) is 0 Å². The van der Waals surface area contributed by atoms with Crippen molar-refractivity contribution in [3.05, 3.63) is 0 Å². The van der Waals surface area contributed by atoms with Crippen LogP contribution in [-0.2, 0) is 24.2 Å². The molecule has 50 valence electrons. The fraction of sp³-hybridized carbons (Fsp3) is 0.800. The van der Waals surface area contributed by atoms with E-state index >= 15 is 0 Å². The van der Waals surface area contributed by atoms with Crippen molar-refractivity contribution in [2.75, 3.05) is 12.4 Å². The van der Waals surface area contributed by atoms with Crippen LogP contribution in [0, 0.1) is 0 Å². The van der Waals surface area contributed by atoms with Crippen LogP contribution < -0.4 is 0 Å². The van der Waals surface area contributed by atoms with Gasteiger partial charge in [0.05, 0.1) is 6.61 Å². The Morgan fingerprint density at radius 1 is 1.56 bits per heavy atom. The van der Waals surface area contributed by atoms with Gasteiger partial charge in [0, 0.05) is 19.5 Å². The van der Waals surface area contributed by atoms with Gasteiger partial charge in [-0.2, -0.15) is 0 Å². The summed E-state index contributed by atoms with van der Waals surface area (Å²) in [7, 11) is 0. The third-order valence-electron chi connectivity index (χ3n) is 0.524. The van der Waals surface area contributed by atoms with Crippen LogP contribution in [0.25, 0.3) is 0 Å². The Kier molecular flexibility index (Phi) is 12.3. The van der Waals surface area contributed by atoms with E-state index in [9.17, 15) is 0 Å². The maximum Gasteiger partial charge on any atom is 0.219 e. The standard InChI is InChI=1S/C5H10OS2.Zn/c1-3-6-5(7)8-4-2;/h3-4H2,1-2H3;. The molecule has 0 amide bonds. The van der Waals surface area contributed by atoms with Crippen molar-refractivity contribution in [2.45, 2.75) is 13.8 Å². The molecule has 0 aliphatic rings.